The van der Waals surface area contributed by atoms with E-state index in [0.29, 0.717) is 5.69 Å². The van der Waals surface area contributed by atoms with E-state index < -0.39 is 0 Å². The molecule has 1 saturated heterocycles. The SMILES string of the molecule is COc1cccc(CC[NH2+][C@H]2CC(=O)N(c3ccc(C)cc3)C2=O)c1. The third-order valence-corrected chi connectivity index (χ3v) is 4.49. The van der Waals surface area contributed by atoms with Crippen molar-refractivity contribution < 1.29 is 19.6 Å². The maximum absolute atomic E-state index is 12.6. The molecule has 0 radical (unpaired) electrons. The predicted molar refractivity (Wildman–Crippen MR) is 95.6 cm³/mol. The van der Waals surface area contributed by atoms with E-state index in [4.69, 9.17) is 4.74 Å². The second-order valence-electron chi connectivity index (χ2n) is 6.34. The number of carbonyl (C=O) groups excluding carboxylic acids is 2. The summed E-state index contributed by atoms with van der Waals surface area (Å²) in [6.07, 6.45) is 1.07. The van der Waals surface area contributed by atoms with Gasteiger partial charge >= 0.3 is 0 Å². The number of ether oxygens (including phenoxy) is 1. The van der Waals surface area contributed by atoms with Crippen LogP contribution in [-0.4, -0.2) is 31.5 Å². The van der Waals surface area contributed by atoms with Gasteiger partial charge < -0.3 is 10.1 Å². The maximum Gasteiger partial charge on any atom is 0.292 e. The molecule has 2 N–H and O–H groups in total. The first-order valence-corrected chi connectivity index (χ1v) is 8.48. The van der Waals surface area contributed by atoms with E-state index in [-0.39, 0.29) is 24.3 Å². The van der Waals surface area contributed by atoms with Crippen molar-refractivity contribution in [1.29, 1.82) is 0 Å². The Hall–Kier alpha value is -2.66. The average molecular weight is 339 g/mol. The van der Waals surface area contributed by atoms with Crippen LogP contribution in [0.4, 0.5) is 5.69 Å². The van der Waals surface area contributed by atoms with Gasteiger partial charge in [-0.1, -0.05) is 29.8 Å². The standard InChI is InChI=1S/C20H22N2O3/c1-14-6-8-16(9-7-14)22-19(23)13-18(20(22)24)21-11-10-15-4-3-5-17(12-15)25-2/h3-9,12,18,21H,10-11,13H2,1-2H3/p+1/t18-/m0/s1. The molecule has 1 aliphatic heterocycles. The van der Waals surface area contributed by atoms with Gasteiger partial charge in [0.2, 0.25) is 5.91 Å². The lowest BCUT2D eigenvalue weighted by atomic mass is 10.1. The van der Waals surface area contributed by atoms with Gasteiger partial charge in [-0.3, -0.25) is 9.59 Å². The zero-order valence-corrected chi connectivity index (χ0v) is 14.6. The van der Waals surface area contributed by atoms with Gasteiger partial charge in [0.05, 0.1) is 25.8 Å². The molecule has 1 fully saturated rings. The summed E-state index contributed by atoms with van der Waals surface area (Å²) in [5.41, 5.74) is 2.91. The summed E-state index contributed by atoms with van der Waals surface area (Å²) in [7, 11) is 1.65. The predicted octanol–water partition coefficient (Wildman–Crippen LogP) is 1.44. The molecule has 3 rings (SSSR count). The highest BCUT2D eigenvalue weighted by Gasteiger charge is 2.41. The Balaban J connectivity index is 1.59. The number of methoxy groups -OCH3 is 1. The minimum Gasteiger partial charge on any atom is -0.497 e. The summed E-state index contributed by atoms with van der Waals surface area (Å²) >= 11 is 0. The smallest absolute Gasteiger partial charge is 0.292 e. The minimum absolute atomic E-state index is 0.125. The molecule has 0 bridgehead atoms. The van der Waals surface area contributed by atoms with Crippen LogP contribution in [-0.2, 0) is 16.0 Å². The van der Waals surface area contributed by atoms with Gasteiger partial charge in [0.25, 0.3) is 5.91 Å². The Morgan fingerprint density at radius 1 is 1.16 bits per heavy atom. The van der Waals surface area contributed by atoms with Crippen LogP contribution in [0, 0.1) is 6.92 Å². The summed E-state index contributed by atoms with van der Waals surface area (Å²) < 4.78 is 5.22. The van der Waals surface area contributed by atoms with Gasteiger partial charge in [-0.05, 0) is 36.8 Å². The number of benzene rings is 2. The molecule has 25 heavy (non-hydrogen) atoms. The van der Waals surface area contributed by atoms with Crippen molar-refractivity contribution in [3.63, 3.8) is 0 Å². The number of hydrogen-bond acceptors (Lipinski definition) is 3. The molecule has 5 nitrogen and oxygen atoms in total. The summed E-state index contributed by atoms with van der Waals surface area (Å²) in [5, 5.41) is 1.97. The zero-order valence-electron chi connectivity index (χ0n) is 14.6. The van der Waals surface area contributed by atoms with Crippen LogP contribution in [0.25, 0.3) is 0 Å². The topological polar surface area (TPSA) is 63.2 Å². The quantitative estimate of drug-likeness (QED) is 0.810. The van der Waals surface area contributed by atoms with E-state index in [1.54, 1.807) is 7.11 Å². The molecule has 1 atom stereocenters. The highest BCUT2D eigenvalue weighted by atomic mass is 16.5. The largest absolute Gasteiger partial charge is 0.497 e. The molecule has 0 aromatic heterocycles. The Kier molecular flexibility index (Phi) is 5.14. The second-order valence-corrected chi connectivity index (χ2v) is 6.34. The van der Waals surface area contributed by atoms with Crippen molar-refractivity contribution in [2.24, 2.45) is 0 Å². The second kappa shape index (κ2) is 7.49. The summed E-state index contributed by atoms with van der Waals surface area (Å²) in [6.45, 7) is 2.73. The fourth-order valence-electron chi connectivity index (χ4n) is 3.08. The fraction of sp³-hybridized carbons (Fsp3) is 0.300. The molecular weight excluding hydrogens is 316 g/mol. The van der Waals surface area contributed by atoms with E-state index in [1.807, 2.05) is 60.8 Å². The minimum atomic E-state index is -0.334. The van der Waals surface area contributed by atoms with Gasteiger partial charge in [0.1, 0.15) is 5.75 Å². The normalized spacial score (nSPS) is 17.2. The van der Waals surface area contributed by atoms with E-state index in [2.05, 4.69) is 0 Å². The highest BCUT2D eigenvalue weighted by Crippen LogP contribution is 2.22. The van der Waals surface area contributed by atoms with Crippen LogP contribution >= 0.6 is 0 Å². The van der Waals surface area contributed by atoms with E-state index >= 15 is 0 Å². The average Bonchev–Trinajstić information content (AvgIpc) is 2.90. The number of imide groups is 1. The first kappa shape index (κ1) is 17.2. The van der Waals surface area contributed by atoms with Crippen LogP contribution in [0.2, 0.25) is 0 Å². The highest BCUT2D eigenvalue weighted by molar-refractivity contribution is 6.21. The maximum atomic E-state index is 12.6. The van der Waals surface area contributed by atoms with Crippen molar-refractivity contribution in [3.8, 4) is 5.75 Å². The lowest BCUT2D eigenvalue weighted by molar-refractivity contribution is -0.674. The van der Waals surface area contributed by atoms with Gasteiger partial charge in [-0.2, -0.15) is 0 Å². The fourth-order valence-corrected chi connectivity index (χ4v) is 3.08. The van der Waals surface area contributed by atoms with Crippen LogP contribution in [0.15, 0.2) is 48.5 Å². The molecule has 5 heteroatoms. The lowest BCUT2D eigenvalue weighted by Crippen LogP contribution is -2.92. The van der Waals surface area contributed by atoms with Gasteiger partial charge in [-0.15, -0.1) is 0 Å². The van der Waals surface area contributed by atoms with Crippen LogP contribution in [0.3, 0.4) is 0 Å². The molecule has 130 valence electrons. The molecule has 1 aliphatic rings. The van der Waals surface area contributed by atoms with Crippen molar-refractivity contribution in [2.45, 2.75) is 25.8 Å². The van der Waals surface area contributed by atoms with Crippen LogP contribution in [0.1, 0.15) is 17.5 Å². The molecule has 2 aromatic rings. The summed E-state index contributed by atoms with van der Waals surface area (Å²) in [6, 6.07) is 15.0. The number of carbonyl (C=O) groups is 2. The van der Waals surface area contributed by atoms with Crippen molar-refractivity contribution in [3.05, 3.63) is 59.7 Å². The molecule has 0 spiro atoms. The number of hydrogen-bond donors (Lipinski definition) is 1. The number of aryl methyl sites for hydroxylation is 1. The van der Waals surface area contributed by atoms with E-state index in [0.717, 1.165) is 29.8 Å². The first-order chi connectivity index (χ1) is 12.1. The molecule has 0 unspecified atom stereocenters. The number of anilines is 1. The Morgan fingerprint density at radius 2 is 1.92 bits per heavy atom. The monoisotopic (exact) mass is 339 g/mol. The van der Waals surface area contributed by atoms with E-state index in [9.17, 15) is 9.59 Å². The van der Waals surface area contributed by atoms with Gasteiger partial charge in [-0.25, -0.2) is 4.90 Å². The molecular formula is C20H23N2O3+. The molecule has 2 aromatic carbocycles. The Morgan fingerprint density at radius 3 is 2.64 bits per heavy atom. The summed E-state index contributed by atoms with van der Waals surface area (Å²) in [5.74, 6) is 0.575. The van der Waals surface area contributed by atoms with Crippen molar-refractivity contribution >= 4 is 17.5 Å². The Bertz CT molecular complexity index is 771. The molecule has 1 heterocycles. The number of amides is 2. The number of quaternary nitrogens is 1. The van der Waals surface area contributed by atoms with Crippen LogP contribution < -0.4 is 15.0 Å². The van der Waals surface area contributed by atoms with Crippen molar-refractivity contribution in [2.75, 3.05) is 18.6 Å². The zero-order chi connectivity index (χ0) is 17.8. The number of nitrogens with two attached hydrogens (primary N) is 1. The van der Waals surface area contributed by atoms with E-state index in [1.165, 1.54) is 4.90 Å². The van der Waals surface area contributed by atoms with Gasteiger partial charge in [0.15, 0.2) is 6.04 Å². The van der Waals surface area contributed by atoms with Crippen molar-refractivity contribution in [1.82, 2.24) is 0 Å². The molecule has 2 amide bonds. The molecule has 0 saturated carbocycles. The number of rotatable bonds is 6. The summed E-state index contributed by atoms with van der Waals surface area (Å²) in [4.78, 5) is 26.2. The van der Waals surface area contributed by atoms with Gasteiger partial charge in [0, 0.05) is 6.42 Å². The molecule has 0 aliphatic carbocycles. The lowest BCUT2D eigenvalue weighted by Gasteiger charge is -2.14. The Labute approximate surface area is 147 Å². The first-order valence-electron chi connectivity index (χ1n) is 8.48. The van der Waals surface area contributed by atoms with Crippen LogP contribution in [0.5, 0.6) is 5.75 Å². The third kappa shape index (κ3) is 3.88. The third-order valence-electron chi connectivity index (χ3n) is 4.49. The number of nitrogens with zero attached hydrogens (tertiary/aromatic N) is 1.